The average molecular weight is 283 g/mol. The average Bonchev–Trinajstić information content (AvgIpc) is 2.32. The van der Waals surface area contributed by atoms with Gasteiger partial charge in [0.25, 0.3) is 0 Å². The first-order valence-electron chi connectivity index (χ1n) is 5.71. The van der Waals surface area contributed by atoms with Crippen molar-refractivity contribution < 1.29 is 4.39 Å². The second-order valence-electron chi connectivity index (χ2n) is 4.26. The molecular weight excluding hydrogens is 270 g/mol. The minimum absolute atomic E-state index is 0.203. The van der Waals surface area contributed by atoms with Crippen molar-refractivity contribution >= 4 is 23.2 Å². The van der Waals surface area contributed by atoms with Crippen molar-refractivity contribution in [3.05, 3.63) is 70.0 Å². The minimum atomic E-state index is -0.238. The molecule has 0 aromatic heterocycles. The van der Waals surface area contributed by atoms with Gasteiger partial charge in [-0.25, -0.2) is 4.39 Å². The summed E-state index contributed by atoms with van der Waals surface area (Å²) in [6.07, 6.45) is 0.633. The number of benzene rings is 2. The van der Waals surface area contributed by atoms with Gasteiger partial charge in [-0.05, 0) is 48.2 Å². The molecule has 1 atom stereocenters. The fourth-order valence-corrected chi connectivity index (χ4v) is 2.58. The van der Waals surface area contributed by atoms with Crippen LogP contribution in [0.15, 0.2) is 42.5 Å². The highest BCUT2D eigenvalue weighted by Crippen LogP contribution is 2.30. The first-order valence-corrected chi connectivity index (χ1v) is 6.53. The molecule has 0 aliphatic rings. The van der Waals surface area contributed by atoms with Crippen LogP contribution in [-0.2, 0) is 6.42 Å². The van der Waals surface area contributed by atoms with Crippen LogP contribution >= 0.6 is 23.2 Å². The summed E-state index contributed by atoms with van der Waals surface area (Å²) in [6.45, 7) is 1.86. The number of rotatable bonds is 3. The van der Waals surface area contributed by atoms with E-state index >= 15 is 0 Å². The highest BCUT2D eigenvalue weighted by Gasteiger charge is 2.13. The van der Waals surface area contributed by atoms with Gasteiger partial charge >= 0.3 is 0 Å². The molecule has 0 spiro atoms. The van der Waals surface area contributed by atoms with E-state index in [9.17, 15) is 4.39 Å². The zero-order valence-electron chi connectivity index (χ0n) is 9.96. The molecular formula is C15H13Cl2F. The van der Waals surface area contributed by atoms with Crippen molar-refractivity contribution in [2.75, 3.05) is 0 Å². The van der Waals surface area contributed by atoms with Gasteiger partial charge < -0.3 is 0 Å². The minimum Gasteiger partial charge on any atom is -0.207 e. The van der Waals surface area contributed by atoms with Crippen LogP contribution < -0.4 is 0 Å². The Morgan fingerprint density at radius 3 is 2.56 bits per heavy atom. The lowest BCUT2D eigenvalue weighted by Crippen LogP contribution is -1.99. The van der Waals surface area contributed by atoms with Gasteiger partial charge in [-0.2, -0.15) is 0 Å². The predicted octanol–water partition coefficient (Wildman–Crippen LogP) is 5.31. The monoisotopic (exact) mass is 282 g/mol. The fraction of sp³-hybridized carbons (Fsp3) is 0.200. The molecule has 0 N–H and O–H groups in total. The van der Waals surface area contributed by atoms with Crippen LogP contribution in [0.2, 0.25) is 5.02 Å². The summed E-state index contributed by atoms with van der Waals surface area (Å²) in [5.74, 6) is -0.238. The van der Waals surface area contributed by atoms with Gasteiger partial charge in [0.1, 0.15) is 5.82 Å². The van der Waals surface area contributed by atoms with Crippen LogP contribution in [0.1, 0.15) is 22.1 Å². The smallest absolute Gasteiger partial charge is 0.123 e. The van der Waals surface area contributed by atoms with Crippen LogP contribution in [0.3, 0.4) is 0 Å². The van der Waals surface area contributed by atoms with Crippen LogP contribution in [0.4, 0.5) is 4.39 Å². The topological polar surface area (TPSA) is 0 Å². The molecule has 0 fully saturated rings. The molecule has 0 radical (unpaired) electrons. The number of alkyl halides is 1. The Kier molecular flexibility index (Phi) is 4.26. The van der Waals surface area contributed by atoms with Crippen molar-refractivity contribution in [2.45, 2.75) is 18.7 Å². The molecule has 0 amide bonds. The number of halogens is 3. The van der Waals surface area contributed by atoms with Crippen LogP contribution in [0, 0.1) is 12.7 Å². The number of aryl methyl sites for hydroxylation is 1. The van der Waals surface area contributed by atoms with E-state index in [1.807, 2.05) is 31.2 Å². The maximum Gasteiger partial charge on any atom is 0.123 e. The van der Waals surface area contributed by atoms with Gasteiger partial charge in [-0.1, -0.05) is 35.9 Å². The molecule has 0 saturated heterocycles. The molecule has 3 heteroatoms. The summed E-state index contributed by atoms with van der Waals surface area (Å²) in [5.41, 5.74) is 2.81. The number of hydrogen-bond acceptors (Lipinski definition) is 0. The predicted molar refractivity (Wildman–Crippen MR) is 74.9 cm³/mol. The van der Waals surface area contributed by atoms with E-state index in [0.717, 1.165) is 16.7 Å². The lowest BCUT2D eigenvalue weighted by Gasteiger charge is -2.13. The van der Waals surface area contributed by atoms with Gasteiger partial charge in [0.05, 0.1) is 5.38 Å². The van der Waals surface area contributed by atoms with E-state index < -0.39 is 0 Å². The molecule has 1 unspecified atom stereocenters. The van der Waals surface area contributed by atoms with Crippen LogP contribution in [0.5, 0.6) is 0 Å². The van der Waals surface area contributed by atoms with E-state index in [1.54, 1.807) is 6.07 Å². The zero-order chi connectivity index (χ0) is 13.1. The van der Waals surface area contributed by atoms with E-state index in [2.05, 4.69) is 0 Å². The van der Waals surface area contributed by atoms with Crippen LogP contribution in [-0.4, -0.2) is 0 Å². The third-order valence-corrected chi connectivity index (χ3v) is 3.68. The zero-order valence-corrected chi connectivity index (χ0v) is 11.5. The Bertz CT molecular complexity index is 552. The Morgan fingerprint density at radius 1 is 1.17 bits per heavy atom. The van der Waals surface area contributed by atoms with Gasteiger partial charge in [-0.15, -0.1) is 11.6 Å². The maximum absolute atomic E-state index is 13.0. The summed E-state index contributed by atoms with van der Waals surface area (Å²) < 4.78 is 13.0. The summed E-state index contributed by atoms with van der Waals surface area (Å²) >= 11 is 12.5. The fourth-order valence-electron chi connectivity index (χ4n) is 1.96. The highest BCUT2D eigenvalue weighted by molar-refractivity contribution is 6.31. The van der Waals surface area contributed by atoms with Gasteiger partial charge in [0.15, 0.2) is 0 Å². The molecule has 0 saturated carbocycles. The lowest BCUT2D eigenvalue weighted by molar-refractivity contribution is 0.625. The Labute approximate surface area is 116 Å². The molecule has 0 heterocycles. The third-order valence-electron chi connectivity index (χ3n) is 2.93. The van der Waals surface area contributed by atoms with Crippen LogP contribution in [0.25, 0.3) is 0 Å². The summed E-state index contributed by atoms with van der Waals surface area (Å²) in [7, 11) is 0. The Morgan fingerprint density at radius 2 is 1.89 bits per heavy atom. The molecule has 0 bridgehead atoms. The molecule has 0 aliphatic carbocycles. The van der Waals surface area contributed by atoms with Gasteiger partial charge in [0.2, 0.25) is 0 Å². The SMILES string of the molecule is Cc1cc(F)ccc1C(Cl)Cc1ccccc1Cl. The van der Waals surface area contributed by atoms with E-state index in [4.69, 9.17) is 23.2 Å². The first-order chi connectivity index (χ1) is 8.58. The molecule has 94 valence electrons. The largest absolute Gasteiger partial charge is 0.207 e. The van der Waals surface area contributed by atoms with E-state index in [0.29, 0.717) is 11.4 Å². The quantitative estimate of drug-likeness (QED) is 0.669. The van der Waals surface area contributed by atoms with Crippen molar-refractivity contribution in [1.82, 2.24) is 0 Å². The molecule has 2 aromatic rings. The molecule has 2 aromatic carbocycles. The van der Waals surface area contributed by atoms with Crippen molar-refractivity contribution in [3.63, 3.8) is 0 Å². The Hall–Kier alpha value is -1.05. The summed E-state index contributed by atoms with van der Waals surface area (Å²) in [6, 6.07) is 12.3. The lowest BCUT2D eigenvalue weighted by atomic mass is 10.00. The second-order valence-corrected chi connectivity index (χ2v) is 5.20. The maximum atomic E-state index is 13.0. The molecule has 18 heavy (non-hydrogen) atoms. The third kappa shape index (κ3) is 3.04. The van der Waals surface area contributed by atoms with E-state index in [1.165, 1.54) is 12.1 Å². The summed E-state index contributed by atoms with van der Waals surface area (Å²) in [5, 5.41) is 0.508. The van der Waals surface area contributed by atoms with Crippen molar-refractivity contribution in [2.24, 2.45) is 0 Å². The molecule has 2 rings (SSSR count). The van der Waals surface area contributed by atoms with E-state index in [-0.39, 0.29) is 11.2 Å². The highest BCUT2D eigenvalue weighted by atomic mass is 35.5. The standard InChI is InChI=1S/C15H13Cl2F/c1-10-8-12(18)6-7-13(10)15(17)9-11-4-2-3-5-14(11)16/h2-8,15H,9H2,1H3. The Balaban J connectivity index is 2.22. The normalized spacial score (nSPS) is 12.4. The first kappa shape index (κ1) is 13.4. The second kappa shape index (κ2) is 5.73. The summed E-state index contributed by atoms with van der Waals surface area (Å²) in [4.78, 5) is 0. The van der Waals surface area contributed by atoms with Gasteiger partial charge in [-0.3, -0.25) is 0 Å². The van der Waals surface area contributed by atoms with Gasteiger partial charge in [0, 0.05) is 5.02 Å². The van der Waals surface area contributed by atoms with Crippen molar-refractivity contribution in [1.29, 1.82) is 0 Å². The van der Waals surface area contributed by atoms with Crippen molar-refractivity contribution in [3.8, 4) is 0 Å². The molecule has 0 nitrogen and oxygen atoms in total. The number of hydrogen-bond donors (Lipinski definition) is 0. The molecule has 0 aliphatic heterocycles.